The first-order chi connectivity index (χ1) is 14.3. The van der Waals surface area contributed by atoms with E-state index in [4.69, 9.17) is 17.3 Å². The minimum atomic E-state index is -1.15. The van der Waals surface area contributed by atoms with Crippen LogP contribution in [0.5, 0.6) is 0 Å². The Morgan fingerprint density at radius 3 is 2.80 bits per heavy atom. The smallest absolute Gasteiger partial charge is 0.189 e. The number of anilines is 2. The second kappa shape index (κ2) is 6.40. The Morgan fingerprint density at radius 2 is 2.13 bits per heavy atom. The fraction of sp³-hybridized carbons (Fsp3) is 0.250. The fourth-order valence-corrected chi connectivity index (χ4v) is 4.17. The minimum absolute atomic E-state index is 0.0324. The molecule has 3 heterocycles. The summed E-state index contributed by atoms with van der Waals surface area (Å²) in [5, 5.41) is 7.43. The zero-order chi connectivity index (χ0) is 21.3. The summed E-state index contributed by atoms with van der Waals surface area (Å²) in [5.74, 6) is -1.65. The van der Waals surface area contributed by atoms with Gasteiger partial charge in [-0.3, -0.25) is 14.3 Å². The predicted molar refractivity (Wildman–Crippen MR) is 111 cm³/mol. The monoisotopic (exact) mass is 430 g/mol. The van der Waals surface area contributed by atoms with Crippen LogP contribution in [0, 0.1) is 11.7 Å². The normalized spacial score (nSPS) is 18.3. The lowest BCUT2D eigenvalue weighted by Gasteiger charge is -2.18. The molecule has 0 saturated heterocycles. The van der Waals surface area contributed by atoms with Crippen molar-refractivity contribution in [2.24, 2.45) is 5.92 Å². The van der Waals surface area contributed by atoms with Crippen molar-refractivity contribution in [2.45, 2.75) is 12.6 Å². The molecule has 0 aliphatic heterocycles. The van der Waals surface area contributed by atoms with E-state index >= 15 is 4.39 Å². The highest BCUT2D eigenvalue weighted by Gasteiger charge is 2.45. The number of hydrogen-bond acceptors (Lipinski definition) is 5. The van der Waals surface area contributed by atoms with Crippen LogP contribution in [-0.4, -0.2) is 45.6 Å². The lowest BCUT2D eigenvalue weighted by Crippen LogP contribution is -2.12. The molecular weight excluding hydrogens is 414 g/mol. The zero-order valence-corrected chi connectivity index (χ0v) is 16.8. The molecule has 1 fully saturated rings. The van der Waals surface area contributed by atoms with Gasteiger partial charge in [-0.25, -0.2) is 13.8 Å². The average Bonchev–Trinajstić information content (AvgIpc) is 3.08. The molecule has 0 bridgehead atoms. The lowest BCUT2D eigenvalue weighted by atomic mass is 10.0. The first kappa shape index (κ1) is 18.8. The summed E-state index contributed by atoms with van der Waals surface area (Å²) in [6.07, 6.45) is 2.21. The maximum absolute atomic E-state index is 15.1. The van der Waals surface area contributed by atoms with Gasteiger partial charge in [0.15, 0.2) is 17.4 Å². The van der Waals surface area contributed by atoms with Crippen LogP contribution in [-0.2, 0) is 0 Å². The molecule has 5 rings (SSSR count). The number of nitrogens with two attached hydrogens (primary N) is 1. The fourth-order valence-electron chi connectivity index (χ4n) is 3.87. The van der Waals surface area contributed by atoms with Gasteiger partial charge in [-0.1, -0.05) is 11.6 Å². The number of alkyl halides is 1. The summed E-state index contributed by atoms with van der Waals surface area (Å²) < 4.78 is 30.1. The molecule has 1 aliphatic carbocycles. The van der Waals surface area contributed by atoms with Crippen molar-refractivity contribution in [3.8, 4) is 11.1 Å². The van der Waals surface area contributed by atoms with Crippen molar-refractivity contribution in [3.63, 3.8) is 0 Å². The maximum atomic E-state index is 15.1. The summed E-state index contributed by atoms with van der Waals surface area (Å²) in [5.41, 5.74) is 8.27. The van der Waals surface area contributed by atoms with Gasteiger partial charge in [-0.15, -0.1) is 0 Å². The topological polar surface area (TPSA) is 92.3 Å². The molecule has 1 aromatic carbocycles. The lowest BCUT2D eigenvalue weighted by molar-refractivity contribution is 0.0952. The SMILES string of the molecule is CN(C)c1c(F)c(Cl)c(-c2ccc3nc(N)c(C(=O)[C@@H]4C[C@@H]4F)n3c2)c2cn[nH]c12. The highest BCUT2D eigenvalue weighted by Crippen LogP contribution is 2.43. The second-order valence-electron chi connectivity index (χ2n) is 7.62. The molecule has 3 N–H and O–H groups in total. The number of fused-ring (bicyclic) bond motifs is 2. The average molecular weight is 431 g/mol. The van der Waals surface area contributed by atoms with Crippen molar-refractivity contribution in [1.82, 2.24) is 19.6 Å². The molecule has 1 saturated carbocycles. The minimum Gasteiger partial charge on any atom is -0.382 e. The molecular formula is C20H17ClF2N6O. The molecule has 0 radical (unpaired) electrons. The van der Waals surface area contributed by atoms with E-state index in [1.54, 1.807) is 43.5 Å². The van der Waals surface area contributed by atoms with E-state index < -0.39 is 23.7 Å². The Morgan fingerprint density at radius 1 is 1.40 bits per heavy atom. The van der Waals surface area contributed by atoms with Gasteiger partial charge in [-0.05, 0) is 18.6 Å². The van der Waals surface area contributed by atoms with E-state index in [0.717, 1.165) is 0 Å². The van der Waals surface area contributed by atoms with Crippen molar-refractivity contribution < 1.29 is 13.6 Å². The highest BCUT2D eigenvalue weighted by molar-refractivity contribution is 6.36. The van der Waals surface area contributed by atoms with Crippen LogP contribution in [0.3, 0.4) is 0 Å². The van der Waals surface area contributed by atoms with Crippen LogP contribution < -0.4 is 10.6 Å². The number of nitrogen functional groups attached to an aromatic ring is 1. The summed E-state index contributed by atoms with van der Waals surface area (Å²) in [4.78, 5) is 18.5. The molecule has 1 aliphatic rings. The number of aromatic amines is 1. The second-order valence-corrected chi connectivity index (χ2v) is 8.00. The zero-order valence-electron chi connectivity index (χ0n) is 16.1. The van der Waals surface area contributed by atoms with Gasteiger partial charge in [0.1, 0.15) is 23.2 Å². The van der Waals surface area contributed by atoms with Crippen LogP contribution in [0.1, 0.15) is 16.9 Å². The largest absolute Gasteiger partial charge is 0.382 e. The Bertz CT molecular complexity index is 1340. The summed E-state index contributed by atoms with van der Waals surface area (Å²) in [7, 11) is 3.42. The van der Waals surface area contributed by atoms with Gasteiger partial charge in [0, 0.05) is 36.8 Å². The predicted octanol–water partition coefficient (Wildman–Crippen LogP) is 3.86. The van der Waals surface area contributed by atoms with Crippen LogP contribution >= 0.6 is 11.6 Å². The molecule has 4 aromatic rings. The van der Waals surface area contributed by atoms with Gasteiger partial charge in [0.05, 0.1) is 22.7 Å². The molecule has 154 valence electrons. The Hall–Kier alpha value is -3.20. The van der Waals surface area contributed by atoms with Crippen LogP contribution in [0.25, 0.3) is 27.7 Å². The van der Waals surface area contributed by atoms with Gasteiger partial charge in [-0.2, -0.15) is 5.10 Å². The third kappa shape index (κ3) is 2.58. The summed E-state index contributed by atoms with van der Waals surface area (Å²) >= 11 is 6.44. The number of halogens is 3. The number of aromatic nitrogens is 4. The standard InChI is InChI=1S/C20H17ClF2N6O/c1-28(2)17-15(23)14(21)13(10-6-25-27-16(10)17)8-3-4-12-26-20(24)18(29(12)7-8)19(30)9-5-11(9)22/h3-4,6-7,9,11H,5,24H2,1-2H3,(H,25,27)/t9-,11+/m1/s1. The molecule has 0 amide bonds. The summed E-state index contributed by atoms with van der Waals surface area (Å²) in [6, 6.07) is 3.37. The Kier molecular flexibility index (Phi) is 4.01. The number of hydrogen-bond donors (Lipinski definition) is 2. The number of ketones is 1. The van der Waals surface area contributed by atoms with E-state index in [1.165, 1.54) is 4.40 Å². The molecule has 0 unspecified atom stereocenters. The van der Waals surface area contributed by atoms with Crippen molar-refractivity contribution in [1.29, 1.82) is 0 Å². The first-order valence-electron chi connectivity index (χ1n) is 9.27. The van der Waals surface area contributed by atoms with E-state index in [-0.39, 0.29) is 23.0 Å². The number of nitrogens with zero attached hydrogens (tertiary/aromatic N) is 4. The number of H-pyrrole nitrogens is 1. The molecule has 3 aromatic heterocycles. The molecule has 30 heavy (non-hydrogen) atoms. The Labute approximate surface area is 174 Å². The number of carbonyl (C=O) groups is 1. The molecule has 0 spiro atoms. The van der Waals surface area contributed by atoms with Gasteiger partial charge < -0.3 is 10.6 Å². The number of nitrogens with one attached hydrogen (secondary N) is 1. The number of carbonyl (C=O) groups excluding carboxylic acids is 1. The summed E-state index contributed by atoms with van der Waals surface area (Å²) in [6.45, 7) is 0. The van der Waals surface area contributed by atoms with Gasteiger partial charge in [0.2, 0.25) is 0 Å². The number of pyridine rings is 1. The van der Waals surface area contributed by atoms with Crippen LogP contribution in [0.2, 0.25) is 5.02 Å². The van der Waals surface area contributed by atoms with E-state index in [2.05, 4.69) is 15.2 Å². The van der Waals surface area contributed by atoms with Crippen LogP contribution in [0.15, 0.2) is 24.5 Å². The third-order valence-corrected chi connectivity index (χ3v) is 5.78. The van der Waals surface area contributed by atoms with E-state index in [0.29, 0.717) is 33.4 Å². The Balaban J connectivity index is 1.76. The number of rotatable bonds is 4. The van der Waals surface area contributed by atoms with Crippen molar-refractivity contribution >= 4 is 45.4 Å². The molecule has 2 atom stereocenters. The first-order valence-corrected chi connectivity index (χ1v) is 9.65. The maximum Gasteiger partial charge on any atom is 0.189 e. The number of Topliss-reactive ketones (excluding diaryl/α,β-unsaturated/α-hetero) is 1. The molecule has 7 nitrogen and oxygen atoms in total. The number of imidazole rings is 1. The van der Waals surface area contributed by atoms with E-state index in [1.807, 2.05) is 0 Å². The van der Waals surface area contributed by atoms with E-state index in [9.17, 15) is 9.18 Å². The van der Waals surface area contributed by atoms with Gasteiger partial charge >= 0.3 is 0 Å². The highest BCUT2D eigenvalue weighted by atomic mass is 35.5. The van der Waals surface area contributed by atoms with Crippen molar-refractivity contribution in [3.05, 3.63) is 41.1 Å². The van der Waals surface area contributed by atoms with Gasteiger partial charge in [0.25, 0.3) is 0 Å². The van der Waals surface area contributed by atoms with Crippen molar-refractivity contribution in [2.75, 3.05) is 24.7 Å². The third-order valence-electron chi connectivity index (χ3n) is 5.43. The molecule has 10 heteroatoms. The quantitative estimate of drug-likeness (QED) is 0.480. The van der Waals surface area contributed by atoms with Crippen LogP contribution in [0.4, 0.5) is 20.3 Å². The number of benzene rings is 1.